The molecule has 1 aliphatic heterocycles. The smallest absolute Gasteiger partial charge is 0.231 e. The van der Waals surface area contributed by atoms with Crippen molar-refractivity contribution in [2.75, 3.05) is 6.79 Å². The van der Waals surface area contributed by atoms with Crippen LogP contribution in [0.25, 0.3) is 0 Å². The Kier molecular flexibility index (Phi) is 1.40. The molecule has 0 aromatic heterocycles. The van der Waals surface area contributed by atoms with Crippen molar-refractivity contribution >= 4 is 0 Å². The average Bonchev–Trinajstić information content (AvgIpc) is 2.66. The molecule has 0 saturated heterocycles. The van der Waals surface area contributed by atoms with Gasteiger partial charge < -0.3 is 15.2 Å². The van der Waals surface area contributed by atoms with E-state index in [1.165, 1.54) is 0 Å². The fraction of sp³-hybridized carbons (Fsp3) is 0.455. The number of rotatable bonds is 1. The molecule has 3 rings (SSSR count). The van der Waals surface area contributed by atoms with E-state index in [0.29, 0.717) is 12.7 Å². The van der Waals surface area contributed by atoms with E-state index in [0.717, 1.165) is 23.5 Å². The molecule has 14 heavy (non-hydrogen) atoms. The highest BCUT2D eigenvalue weighted by Crippen LogP contribution is 2.50. The lowest BCUT2D eigenvalue weighted by molar-refractivity contribution is 0.174. The molecule has 1 fully saturated rings. The standard InChI is InChI=1S/C11H13NO2/c1-7-5-11(7,12)8-2-3-9-10(4-8)14-6-13-9/h2-4,7H,5-6,12H2,1H3. The van der Waals surface area contributed by atoms with Gasteiger partial charge in [0.2, 0.25) is 6.79 Å². The van der Waals surface area contributed by atoms with E-state index >= 15 is 0 Å². The van der Waals surface area contributed by atoms with Crippen LogP contribution >= 0.6 is 0 Å². The zero-order valence-electron chi connectivity index (χ0n) is 8.12. The van der Waals surface area contributed by atoms with Crippen molar-refractivity contribution in [2.24, 2.45) is 11.7 Å². The Morgan fingerprint density at radius 1 is 1.36 bits per heavy atom. The average molecular weight is 191 g/mol. The van der Waals surface area contributed by atoms with Gasteiger partial charge in [0.05, 0.1) is 0 Å². The van der Waals surface area contributed by atoms with Crippen LogP contribution in [0.2, 0.25) is 0 Å². The van der Waals surface area contributed by atoms with E-state index in [-0.39, 0.29) is 5.54 Å². The second-order valence-corrected chi connectivity index (χ2v) is 4.21. The molecule has 1 saturated carbocycles. The van der Waals surface area contributed by atoms with Gasteiger partial charge in [-0.25, -0.2) is 0 Å². The van der Waals surface area contributed by atoms with Crippen LogP contribution in [-0.2, 0) is 5.54 Å². The molecule has 2 unspecified atom stereocenters. The Bertz CT molecular complexity index is 391. The van der Waals surface area contributed by atoms with Crippen LogP contribution in [0.4, 0.5) is 0 Å². The monoisotopic (exact) mass is 191 g/mol. The van der Waals surface area contributed by atoms with Gasteiger partial charge in [0.25, 0.3) is 0 Å². The molecule has 0 radical (unpaired) electrons. The second-order valence-electron chi connectivity index (χ2n) is 4.21. The lowest BCUT2D eigenvalue weighted by Crippen LogP contribution is -2.21. The minimum absolute atomic E-state index is 0.124. The molecule has 2 atom stereocenters. The first-order valence-corrected chi connectivity index (χ1v) is 4.89. The fourth-order valence-electron chi connectivity index (χ4n) is 2.04. The zero-order chi connectivity index (χ0) is 9.76. The molecule has 1 heterocycles. The van der Waals surface area contributed by atoms with Crippen LogP contribution in [0.15, 0.2) is 18.2 Å². The molecular formula is C11H13NO2. The first kappa shape index (κ1) is 8.12. The molecule has 2 aliphatic rings. The van der Waals surface area contributed by atoms with Gasteiger partial charge >= 0.3 is 0 Å². The van der Waals surface area contributed by atoms with Crippen molar-refractivity contribution in [1.29, 1.82) is 0 Å². The largest absolute Gasteiger partial charge is 0.454 e. The number of hydrogen-bond acceptors (Lipinski definition) is 3. The van der Waals surface area contributed by atoms with Gasteiger partial charge in [-0.05, 0) is 30.0 Å². The predicted molar refractivity (Wildman–Crippen MR) is 52.2 cm³/mol. The molecule has 0 spiro atoms. The van der Waals surface area contributed by atoms with E-state index in [1.807, 2.05) is 18.2 Å². The van der Waals surface area contributed by atoms with Crippen LogP contribution in [0.1, 0.15) is 18.9 Å². The van der Waals surface area contributed by atoms with Crippen molar-refractivity contribution < 1.29 is 9.47 Å². The Morgan fingerprint density at radius 3 is 2.79 bits per heavy atom. The summed E-state index contributed by atoms with van der Waals surface area (Å²) in [6.45, 7) is 2.50. The van der Waals surface area contributed by atoms with Crippen LogP contribution in [0, 0.1) is 5.92 Å². The Labute approximate surface area is 82.8 Å². The van der Waals surface area contributed by atoms with Crippen LogP contribution in [0.3, 0.4) is 0 Å². The third kappa shape index (κ3) is 0.960. The maximum Gasteiger partial charge on any atom is 0.231 e. The first-order chi connectivity index (χ1) is 6.70. The molecular weight excluding hydrogens is 178 g/mol. The SMILES string of the molecule is CC1CC1(N)c1ccc2c(c1)OCO2. The third-order valence-electron chi connectivity index (χ3n) is 3.27. The summed E-state index contributed by atoms with van der Waals surface area (Å²) in [5, 5.41) is 0. The Morgan fingerprint density at radius 2 is 2.07 bits per heavy atom. The van der Waals surface area contributed by atoms with Gasteiger partial charge in [-0.3, -0.25) is 0 Å². The summed E-state index contributed by atoms with van der Waals surface area (Å²) >= 11 is 0. The zero-order valence-corrected chi connectivity index (χ0v) is 8.12. The van der Waals surface area contributed by atoms with Gasteiger partial charge in [0.1, 0.15) is 0 Å². The van der Waals surface area contributed by atoms with Crippen molar-refractivity contribution in [2.45, 2.75) is 18.9 Å². The van der Waals surface area contributed by atoms with E-state index in [2.05, 4.69) is 6.92 Å². The highest BCUT2D eigenvalue weighted by Gasteiger charge is 2.49. The quantitative estimate of drug-likeness (QED) is 0.733. The molecule has 3 nitrogen and oxygen atoms in total. The van der Waals surface area contributed by atoms with Crippen molar-refractivity contribution in [3.8, 4) is 11.5 Å². The summed E-state index contributed by atoms with van der Waals surface area (Å²) in [7, 11) is 0. The molecule has 2 N–H and O–H groups in total. The van der Waals surface area contributed by atoms with Crippen molar-refractivity contribution in [1.82, 2.24) is 0 Å². The van der Waals surface area contributed by atoms with Gasteiger partial charge in [0, 0.05) is 5.54 Å². The topological polar surface area (TPSA) is 44.5 Å². The van der Waals surface area contributed by atoms with Crippen LogP contribution in [0.5, 0.6) is 11.5 Å². The fourth-order valence-corrected chi connectivity index (χ4v) is 2.04. The maximum absolute atomic E-state index is 6.21. The number of benzene rings is 1. The number of nitrogens with two attached hydrogens (primary N) is 1. The minimum atomic E-state index is -0.124. The van der Waals surface area contributed by atoms with Crippen molar-refractivity contribution in [3.63, 3.8) is 0 Å². The predicted octanol–water partition coefficient (Wildman–Crippen LogP) is 1.61. The van der Waals surface area contributed by atoms with Gasteiger partial charge in [0.15, 0.2) is 11.5 Å². The van der Waals surface area contributed by atoms with E-state index in [9.17, 15) is 0 Å². The lowest BCUT2D eigenvalue weighted by Gasteiger charge is -2.10. The summed E-state index contributed by atoms with van der Waals surface area (Å²) < 4.78 is 10.6. The van der Waals surface area contributed by atoms with Crippen molar-refractivity contribution in [3.05, 3.63) is 23.8 Å². The second kappa shape index (κ2) is 2.42. The summed E-state index contributed by atoms with van der Waals surface area (Å²) in [6.07, 6.45) is 1.06. The van der Waals surface area contributed by atoms with E-state index in [4.69, 9.17) is 15.2 Å². The summed E-state index contributed by atoms with van der Waals surface area (Å²) in [6, 6.07) is 5.99. The third-order valence-corrected chi connectivity index (χ3v) is 3.27. The minimum Gasteiger partial charge on any atom is -0.454 e. The van der Waals surface area contributed by atoms with E-state index in [1.54, 1.807) is 0 Å². The first-order valence-electron chi connectivity index (χ1n) is 4.89. The molecule has 0 bridgehead atoms. The molecule has 3 heteroatoms. The van der Waals surface area contributed by atoms with Crippen LogP contribution in [-0.4, -0.2) is 6.79 Å². The number of fused-ring (bicyclic) bond motifs is 1. The number of hydrogen-bond donors (Lipinski definition) is 1. The summed E-state index contributed by atoms with van der Waals surface area (Å²) in [4.78, 5) is 0. The normalized spacial score (nSPS) is 33.1. The summed E-state index contributed by atoms with van der Waals surface area (Å²) in [5.41, 5.74) is 7.25. The molecule has 1 aromatic carbocycles. The molecule has 1 aliphatic carbocycles. The Hall–Kier alpha value is -1.22. The molecule has 74 valence electrons. The van der Waals surface area contributed by atoms with Gasteiger partial charge in [-0.15, -0.1) is 0 Å². The van der Waals surface area contributed by atoms with Crippen LogP contribution < -0.4 is 15.2 Å². The maximum atomic E-state index is 6.21. The highest BCUT2D eigenvalue weighted by molar-refractivity contribution is 5.48. The molecule has 0 amide bonds. The lowest BCUT2D eigenvalue weighted by atomic mass is 10.0. The molecule has 1 aromatic rings. The van der Waals surface area contributed by atoms with Gasteiger partial charge in [-0.1, -0.05) is 13.0 Å². The highest BCUT2D eigenvalue weighted by atomic mass is 16.7. The van der Waals surface area contributed by atoms with Gasteiger partial charge in [-0.2, -0.15) is 0 Å². The number of ether oxygens (including phenoxy) is 2. The van der Waals surface area contributed by atoms with E-state index < -0.39 is 0 Å². The summed E-state index contributed by atoms with van der Waals surface area (Å²) in [5.74, 6) is 2.22. The Balaban J connectivity index is 2.01.